The standard InChI is InChI=1S/C22H19FN4O2S/c1-15(28)16-6-8-17(9-7-16)21(29)27(12-3-11-26-13-10-24-14-26)22-25-20-18(23)4-2-5-19(20)30-22/h2,4-10,13-14H,3,11-12H2,1H3. The Morgan fingerprint density at radius 3 is 2.57 bits per heavy atom. The molecule has 4 rings (SSSR count). The number of benzene rings is 2. The lowest BCUT2D eigenvalue weighted by Crippen LogP contribution is -2.32. The molecule has 1 amide bonds. The van der Waals surface area contributed by atoms with Crippen LogP contribution in [0.1, 0.15) is 34.1 Å². The summed E-state index contributed by atoms with van der Waals surface area (Å²) in [5, 5.41) is 0.446. The van der Waals surface area contributed by atoms with Crippen molar-refractivity contribution in [3.8, 4) is 0 Å². The number of aryl methyl sites for hydroxylation is 1. The summed E-state index contributed by atoms with van der Waals surface area (Å²) in [4.78, 5) is 34.8. The number of ketones is 1. The lowest BCUT2D eigenvalue weighted by molar-refractivity contribution is 0.0982. The molecular formula is C22H19FN4O2S. The molecule has 0 radical (unpaired) electrons. The predicted octanol–water partition coefficient (Wildman–Crippen LogP) is 4.57. The second-order valence-electron chi connectivity index (χ2n) is 6.83. The number of nitrogens with zero attached hydrogens (tertiary/aromatic N) is 4. The Hall–Kier alpha value is -3.39. The molecule has 0 aliphatic rings. The lowest BCUT2D eigenvalue weighted by Gasteiger charge is -2.20. The van der Waals surface area contributed by atoms with Gasteiger partial charge in [0.2, 0.25) is 0 Å². The van der Waals surface area contributed by atoms with Crippen LogP contribution >= 0.6 is 11.3 Å². The monoisotopic (exact) mass is 422 g/mol. The fourth-order valence-electron chi connectivity index (χ4n) is 3.14. The quantitative estimate of drug-likeness (QED) is 0.409. The van der Waals surface area contributed by atoms with E-state index in [-0.39, 0.29) is 17.2 Å². The second-order valence-corrected chi connectivity index (χ2v) is 7.84. The normalized spacial score (nSPS) is 11.0. The van der Waals surface area contributed by atoms with E-state index in [4.69, 9.17) is 0 Å². The van der Waals surface area contributed by atoms with Crippen LogP contribution in [-0.2, 0) is 6.54 Å². The molecule has 0 aliphatic heterocycles. The van der Waals surface area contributed by atoms with Crippen LogP contribution in [0.4, 0.5) is 9.52 Å². The van der Waals surface area contributed by atoms with Gasteiger partial charge in [0.25, 0.3) is 5.91 Å². The third kappa shape index (κ3) is 4.13. The number of hydrogen-bond acceptors (Lipinski definition) is 5. The number of hydrogen-bond donors (Lipinski definition) is 0. The molecule has 0 saturated carbocycles. The minimum Gasteiger partial charge on any atom is -0.337 e. The van der Waals surface area contributed by atoms with E-state index in [1.165, 1.54) is 24.3 Å². The van der Waals surface area contributed by atoms with Crippen molar-refractivity contribution in [2.75, 3.05) is 11.4 Å². The fourth-order valence-corrected chi connectivity index (χ4v) is 4.14. The van der Waals surface area contributed by atoms with E-state index in [0.29, 0.717) is 40.5 Å². The summed E-state index contributed by atoms with van der Waals surface area (Å²) in [5.41, 5.74) is 1.25. The van der Waals surface area contributed by atoms with E-state index < -0.39 is 5.82 Å². The number of rotatable bonds is 7. The molecule has 0 bridgehead atoms. The largest absolute Gasteiger partial charge is 0.337 e. The summed E-state index contributed by atoms with van der Waals surface area (Å²) in [6, 6.07) is 11.3. The number of amides is 1. The van der Waals surface area contributed by atoms with Crippen molar-refractivity contribution in [3.05, 3.63) is 78.1 Å². The number of fused-ring (bicyclic) bond motifs is 1. The maximum atomic E-state index is 14.1. The van der Waals surface area contributed by atoms with Gasteiger partial charge in [0, 0.05) is 36.6 Å². The first-order valence-corrected chi connectivity index (χ1v) is 10.3. The second kappa shape index (κ2) is 8.54. The average Bonchev–Trinajstić information content (AvgIpc) is 3.41. The number of Topliss-reactive ketones (excluding diaryl/α,β-unsaturated/α-hetero) is 1. The Kier molecular flexibility index (Phi) is 5.67. The van der Waals surface area contributed by atoms with Gasteiger partial charge >= 0.3 is 0 Å². The molecule has 2 aromatic carbocycles. The Morgan fingerprint density at radius 2 is 1.90 bits per heavy atom. The first-order chi connectivity index (χ1) is 14.5. The molecular weight excluding hydrogens is 403 g/mol. The highest BCUT2D eigenvalue weighted by Crippen LogP contribution is 2.31. The molecule has 0 N–H and O–H groups in total. The molecule has 0 fully saturated rings. The molecule has 2 heterocycles. The van der Waals surface area contributed by atoms with E-state index in [1.807, 2.05) is 10.8 Å². The summed E-state index contributed by atoms with van der Waals surface area (Å²) in [7, 11) is 0. The smallest absolute Gasteiger partial charge is 0.260 e. The Balaban J connectivity index is 1.63. The minimum absolute atomic E-state index is 0.0622. The third-order valence-corrected chi connectivity index (χ3v) is 5.77. The Labute approximate surface area is 176 Å². The third-order valence-electron chi connectivity index (χ3n) is 4.73. The number of thiazole rings is 1. The van der Waals surface area contributed by atoms with Gasteiger partial charge < -0.3 is 4.57 Å². The van der Waals surface area contributed by atoms with E-state index in [2.05, 4.69) is 9.97 Å². The van der Waals surface area contributed by atoms with E-state index >= 15 is 0 Å². The lowest BCUT2D eigenvalue weighted by atomic mass is 10.1. The Morgan fingerprint density at radius 1 is 1.13 bits per heavy atom. The SMILES string of the molecule is CC(=O)c1ccc(C(=O)N(CCCn2ccnc2)c2nc3c(F)cccc3s2)cc1. The zero-order chi connectivity index (χ0) is 21.1. The van der Waals surface area contributed by atoms with Crippen LogP contribution in [0.3, 0.4) is 0 Å². The van der Waals surface area contributed by atoms with Crippen LogP contribution in [0.25, 0.3) is 10.2 Å². The van der Waals surface area contributed by atoms with Crippen molar-refractivity contribution in [3.63, 3.8) is 0 Å². The first-order valence-electron chi connectivity index (χ1n) is 9.46. The van der Waals surface area contributed by atoms with Crippen LogP contribution in [0.15, 0.2) is 61.2 Å². The molecule has 4 aromatic rings. The summed E-state index contributed by atoms with van der Waals surface area (Å²) in [6.45, 7) is 2.58. The topological polar surface area (TPSA) is 68.1 Å². The molecule has 8 heteroatoms. The molecule has 30 heavy (non-hydrogen) atoms. The van der Waals surface area contributed by atoms with Crippen LogP contribution in [0.2, 0.25) is 0 Å². The van der Waals surface area contributed by atoms with E-state index in [0.717, 1.165) is 0 Å². The fraction of sp³-hybridized carbons (Fsp3) is 0.182. The van der Waals surface area contributed by atoms with Crippen molar-refractivity contribution in [2.45, 2.75) is 19.9 Å². The average molecular weight is 422 g/mol. The van der Waals surface area contributed by atoms with Crippen LogP contribution in [-0.4, -0.2) is 32.8 Å². The highest BCUT2D eigenvalue weighted by molar-refractivity contribution is 7.22. The number of carbonyl (C=O) groups excluding carboxylic acids is 2. The number of para-hydroxylation sites is 1. The summed E-state index contributed by atoms with van der Waals surface area (Å²) in [6.07, 6.45) is 5.96. The highest BCUT2D eigenvalue weighted by atomic mass is 32.1. The summed E-state index contributed by atoms with van der Waals surface area (Å²) < 4.78 is 16.8. The zero-order valence-electron chi connectivity index (χ0n) is 16.3. The van der Waals surface area contributed by atoms with E-state index in [1.54, 1.807) is 53.8 Å². The molecule has 0 aliphatic carbocycles. The highest BCUT2D eigenvalue weighted by Gasteiger charge is 2.22. The maximum Gasteiger partial charge on any atom is 0.260 e. The molecule has 0 saturated heterocycles. The van der Waals surface area contributed by atoms with Crippen molar-refractivity contribution in [1.29, 1.82) is 0 Å². The van der Waals surface area contributed by atoms with Gasteiger partial charge in [0.1, 0.15) is 11.3 Å². The van der Waals surface area contributed by atoms with Gasteiger partial charge in [0.05, 0.1) is 11.0 Å². The van der Waals surface area contributed by atoms with Gasteiger partial charge in [-0.3, -0.25) is 14.5 Å². The summed E-state index contributed by atoms with van der Waals surface area (Å²) >= 11 is 1.28. The molecule has 2 aromatic heterocycles. The van der Waals surface area contributed by atoms with Crippen molar-refractivity contribution < 1.29 is 14.0 Å². The molecule has 6 nitrogen and oxygen atoms in total. The number of anilines is 1. The van der Waals surface area contributed by atoms with Crippen LogP contribution < -0.4 is 4.90 Å². The van der Waals surface area contributed by atoms with Gasteiger partial charge in [-0.25, -0.2) is 14.4 Å². The Bertz CT molecular complexity index is 1190. The van der Waals surface area contributed by atoms with Gasteiger partial charge in [-0.05, 0) is 37.6 Å². The molecule has 0 spiro atoms. The molecule has 0 unspecified atom stereocenters. The molecule has 0 atom stereocenters. The number of carbonyl (C=O) groups is 2. The molecule has 152 valence electrons. The van der Waals surface area contributed by atoms with E-state index in [9.17, 15) is 14.0 Å². The van der Waals surface area contributed by atoms with Crippen LogP contribution in [0, 0.1) is 5.82 Å². The number of imidazole rings is 1. The van der Waals surface area contributed by atoms with Gasteiger partial charge in [-0.1, -0.05) is 29.5 Å². The van der Waals surface area contributed by atoms with Crippen molar-refractivity contribution >= 4 is 38.4 Å². The first kappa shape index (κ1) is 19.9. The van der Waals surface area contributed by atoms with Crippen molar-refractivity contribution in [2.24, 2.45) is 0 Å². The van der Waals surface area contributed by atoms with Gasteiger partial charge in [0.15, 0.2) is 10.9 Å². The maximum absolute atomic E-state index is 14.1. The van der Waals surface area contributed by atoms with Gasteiger partial charge in [-0.15, -0.1) is 0 Å². The minimum atomic E-state index is -0.411. The summed E-state index contributed by atoms with van der Waals surface area (Å²) in [5.74, 6) is -0.713. The predicted molar refractivity (Wildman–Crippen MR) is 115 cm³/mol. The van der Waals surface area contributed by atoms with Gasteiger partial charge in [-0.2, -0.15) is 0 Å². The number of halogens is 1. The number of aromatic nitrogens is 3. The zero-order valence-corrected chi connectivity index (χ0v) is 17.1. The van der Waals surface area contributed by atoms with Crippen LogP contribution in [0.5, 0.6) is 0 Å². The van der Waals surface area contributed by atoms with Crippen molar-refractivity contribution in [1.82, 2.24) is 14.5 Å².